The summed E-state index contributed by atoms with van der Waals surface area (Å²) in [5, 5.41) is 11.2. The summed E-state index contributed by atoms with van der Waals surface area (Å²) in [6.45, 7) is -0.126. The van der Waals surface area contributed by atoms with Crippen molar-refractivity contribution in [2.24, 2.45) is 5.73 Å². The van der Waals surface area contributed by atoms with E-state index in [2.05, 4.69) is 15.5 Å². The van der Waals surface area contributed by atoms with Gasteiger partial charge in [-0.15, -0.1) is 10.2 Å². The molecule has 2 amide bonds. The molecule has 0 aliphatic rings. The number of ether oxygens (including phenoxy) is 1. The summed E-state index contributed by atoms with van der Waals surface area (Å²) in [7, 11) is 1.53. The van der Waals surface area contributed by atoms with Crippen molar-refractivity contribution in [2.75, 3.05) is 18.2 Å². The number of para-hydroxylation sites is 2. The first-order valence-electron chi connectivity index (χ1n) is 7.89. The first kappa shape index (κ1) is 18.5. The number of nitrogens with two attached hydrogens (primary N) is 1. The number of aromatic nitrogens is 3. The third-order valence-corrected chi connectivity index (χ3v) is 4.45. The number of primary amides is 1. The van der Waals surface area contributed by atoms with Crippen LogP contribution in [0.25, 0.3) is 11.6 Å². The molecule has 0 bridgehead atoms. The van der Waals surface area contributed by atoms with E-state index in [1.807, 2.05) is 6.07 Å². The molecule has 0 atom stereocenters. The molecule has 27 heavy (non-hydrogen) atoms. The Morgan fingerprint density at radius 1 is 1.26 bits per heavy atom. The van der Waals surface area contributed by atoms with Crippen molar-refractivity contribution in [2.45, 2.75) is 11.7 Å². The molecule has 140 valence electrons. The molecule has 0 radical (unpaired) electrons. The van der Waals surface area contributed by atoms with Crippen LogP contribution in [0.2, 0.25) is 0 Å². The predicted molar refractivity (Wildman–Crippen MR) is 99.3 cm³/mol. The van der Waals surface area contributed by atoms with Crippen LogP contribution in [-0.2, 0) is 16.1 Å². The lowest BCUT2D eigenvalue weighted by Crippen LogP contribution is -2.20. The van der Waals surface area contributed by atoms with Gasteiger partial charge in [0.15, 0.2) is 10.9 Å². The zero-order chi connectivity index (χ0) is 19.2. The summed E-state index contributed by atoms with van der Waals surface area (Å²) < 4.78 is 12.0. The molecule has 0 saturated heterocycles. The highest BCUT2D eigenvalue weighted by Crippen LogP contribution is 2.26. The topological polar surface area (TPSA) is 125 Å². The standard InChI is InChI=1S/C17H17N5O4S/c1-25-12-6-3-2-5-11(12)19-15(24)10-27-17-21-20-16(13-7-4-8-26-13)22(17)9-14(18)23/h2-8H,9-10H2,1H3,(H2,18,23)(H,19,24). The van der Waals surface area contributed by atoms with Gasteiger partial charge in [-0.25, -0.2) is 0 Å². The molecule has 0 saturated carbocycles. The Morgan fingerprint density at radius 3 is 2.78 bits per heavy atom. The Labute approximate surface area is 158 Å². The second-order valence-corrected chi connectivity index (χ2v) is 6.32. The number of hydrogen-bond donors (Lipinski definition) is 2. The number of benzene rings is 1. The molecule has 0 fully saturated rings. The Balaban J connectivity index is 1.72. The molecule has 2 heterocycles. The van der Waals surface area contributed by atoms with Crippen LogP contribution < -0.4 is 15.8 Å². The van der Waals surface area contributed by atoms with Crippen molar-refractivity contribution in [3.63, 3.8) is 0 Å². The van der Waals surface area contributed by atoms with E-state index in [-0.39, 0.29) is 18.2 Å². The van der Waals surface area contributed by atoms with Gasteiger partial charge in [-0.3, -0.25) is 14.2 Å². The number of thioether (sulfide) groups is 1. The first-order valence-corrected chi connectivity index (χ1v) is 8.88. The number of hydrogen-bond acceptors (Lipinski definition) is 7. The molecule has 10 heteroatoms. The number of carbonyl (C=O) groups is 2. The normalized spacial score (nSPS) is 10.6. The molecule has 3 aromatic rings. The highest BCUT2D eigenvalue weighted by Gasteiger charge is 2.19. The number of furan rings is 1. The SMILES string of the molecule is COc1ccccc1NC(=O)CSc1nnc(-c2ccco2)n1CC(N)=O. The second-order valence-electron chi connectivity index (χ2n) is 5.37. The minimum absolute atomic E-state index is 0.0626. The van der Waals surface area contributed by atoms with Gasteiger partial charge in [0.25, 0.3) is 0 Å². The molecule has 2 aromatic heterocycles. The van der Waals surface area contributed by atoms with Crippen LogP contribution in [0.1, 0.15) is 0 Å². The van der Waals surface area contributed by atoms with Crippen LogP contribution in [0.4, 0.5) is 5.69 Å². The number of carbonyl (C=O) groups excluding carboxylic acids is 2. The molecular weight excluding hydrogens is 370 g/mol. The number of methoxy groups -OCH3 is 1. The first-order chi connectivity index (χ1) is 13.1. The van der Waals surface area contributed by atoms with Crippen molar-refractivity contribution >= 4 is 29.3 Å². The zero-order valence-corrected chi connectivity index (χ0v) is 15.2. The summed E-state index contributed by atoms with van der Waals surface area (Å²) in [6, 6.07) is 10.5. The van der Waals surface area contributed by atoms with Gasteiger partial charge in [0, 0.05) is 0 Å². The van der Waals surface area contributed by atoms with Gasteiger partial charge in [0.2, 0.25) is 17.6 Å². The summed E-state index contributed by atoms with van der Waals surface area (Å²) in [5.41, 5.74) is 5.89. The van der Waals surface area contributed by atoms with Gasteiger partial charge in [-0.2, -0.15) is 0 Å². The van der Waals surface area contributed by atoms with Crippen molar-refractivity contribution in [3.05, 3.63) is 42.7 Å². The third kappa shape index (κ3) is 4.47. The van der Waals surface area contributed by atoms with Gasteiger partial charge < -0.3 is 20.2 Å². The summed E-state index contributed by atoms with van der Waals surface area (Å²) in [6.07, 6.45) is 1.49. The molecule has 0 aliphatic heterocycles. The molecule has 9 nitrogen and oxygen atoms in total. The van der Waals surface area contributed by atoms with Crippen LogP contribution >= 0.6 is 11.8 Å². The Bertz CT molecular complexity index is 939. The van der Waals surface area contributed by atoms with Crippen LogP contribution in [0.5, 0.6) is 5.75 Å². The van der Waals surface area contributed by atoms with E-state index in [4.69, 9.17) is 14.9 Å². The number of amides is 2. The minimum atomic E-state index is -0.553. The van der Waals surface area contributed by atoms with Gasteiger partial charge in [0.1, 0.15) is 12.3 Å². The highest BCUT2D eigenvalue weighted by atomic mass is 32.2. The van der Waals surface area contributed by atoms with E-state index >= 15 is 0 Å². The van der Waals surface area contributed by atoms with Crippen LogP contribution in [0.3, 0.4) is 0 Å². The highest BCUT2D eigenvalue weighted by molar-refractivity contribution is 7.99. The lowest BCUT2D eigenvalue weighted by molar-refractivity contribution is -0.118. The average molecular weight is 387 g/mol. The van der Waals surface area contributed by atoms with E-state index in [0.717, 1.165) is 11.8 Å². The Kier molecular flexibility index (Phi) is 5.77. The predicted octanol–water partition coefficient (Wildman–Crippen LogP) is 1.76. The van der Waals surface area contributed by atoms with Crippen LogP contribution in [-0.4, -0.2) is 39.4 Å². The fourth-order valence-corrected chi connectivity index (χ4v) is 3.08. The minimum Gasteiger partial charge on any atom is -0.495 e. The van der Waals surface area contributed by atoms with E-state index in [1.165, 1.54) is 17.9 Å². The van der Waals surface area contributed by atoms with Crippen LogP contribution in [0.15, 0.2) is 52.2 Å². The Morgan fingerprint density at radius 2 is 2.07 bits per heavy atom. The zero-order valence-electron chi connectivity index (χ0n) is 14.4. The Hall–Kier alpha value is -3.27. The van der Waals surface area contributed by atoms with E-state index in [1.54, 1.807) is 30.3 Å². The molecular formula is C17H17N5O4S. The fourth-order valence-electron chi connectivity index (χ4n) is 2.35. The van der Waals surface area contributed by atoms with Crippen LogP contribution in [0, 0.1) is 0 Å². The quantitative estimate of drug-likeness (QED) is 0.564. The lowest BCUT2D eigenvalue weighted by Gasteiger charge is -2.10. The van der Waals surface area contributed by atoms with E-state index < -0.39 is 5.91 Å². The van der Waals surface area contributed by atoms with Crippen molar-refractivity contribution in [1.82, 2.24) is 14.8 Å². The molecule has 3 N–H and O–H groups in total. The number of rotatable bonds is 8. The van der Waals surface area contributed by atoms with Gasteiger partial charge in [-0.1, -0.05) is 23.9 Å². The summed E-state index contributed by atoms with van der Waals surface area (Å²) in [4.78, 5) is 23.7. The van der Waals surface area contributed by atoms with Crippen molar-refractivity contribution < 1.29 is 18.7 Å². The number of nitrogens with zero attached hydrogens (tertiary/aromatic N) is 3. The van der Waals surface area contributed by atoms with E-state index in [0.29, 0.717) is 28.2 Å². The van der Waals surface area contributed by atoms with Gasteiger partial charge in [-0.05, 0) is 24.3 Å². The summed E-state index contributed by atoms with van der Waals surface area (Å²) in [5.74, 6) is 0.640. The molecule has 1 aromatic carbocycles. The maximum atomic E-state index is 12.3. The maximum Gasteiger partial charge on any atom is 0.237 e. The largest absolute Gasteiger partial charge is 0.495 e. The molecule has 0 aliphatic carbocycles. The number of nitrogens with one attached hydrogen (secondary N) is 1. The molecule has 3 rings (SSSR count). The maximum absolute atomic E-state index is 12.3. The summed E-state index contributed by atoms with van der Waals surface area (Å²) >= 11 is 1.13. The fraction of sp³-hybridized carbons (Fsp3) is 0.176. The number of anilines is 1. The average Bonchev–Trinajstić information content (AvgIpc) is 3.30. The molecule has 0 unspecified atom stereocenters. The smallest absolute Gasteiger partial charge is 0.237 e. The monoisotopic (exact) mass is 387 g/mol. The van der Waals surface area contributed by atoms with Gasteiger partial charge >= 0.3 is 0 Å². The third-order valence-electron chi connectivity index (χ3n) is 3.49. The van der Waals surface area contributed by atoms with Gasteiger partial charge in [0.05, 0.1) is 24.8 Å². The second kappa shape index (κ2) is 8.41. The molecule has 0 spiro atoms. The van der Waals surface area contributed by atoms with E-state index in [9.17, 15) is 9.59 Å². The van der Waals surface area contributed by atoms with Crippen molar-refractivity contribution in [1.29, 1.82) is 0 Å². The van der Waals surface area contributed by atoms with Crippen molar-refractivity contribution in [3.8, 4) is 17.3 Å². The lowest BCUT2D eigenvalue weighted by atomic mass is 10.3.